The molecule has 0 amide bonds. The molecule has 17 heavy (non-hydrogen) atoms. The molecule has 1 saturated heterocycles. The molecule has 0 saturated carbocycles. The molecule has 2 heterocycles. The van der Waals surface area contributed by atoms with E-state index in [1.165, 1.54) is 0 Å². The molecule has 4 nitrogen and oxygen atoms in total. The number of aryl methyl sites for hydroxylation is 1. The number of piperidine rings is 1. The Morgan fingerprint density at radius 1 is 1.41 bits per heavy atom. The minimum absolute atomic E-state index is 0.00706. The Labute approximate surface area is 103 Å². The van der Waals surface area contributed by atoms with Crippen molar-refractivity contribution in [2.24, 2.45) is 0 Å². The van der Waals surface area contributed by atoms with E-state index >= 15 is 0 Å². The third-order valence-electron chi connectivity index (χ3n) is 3.49. The molecule has 0 aromatic carbocycles. The summed E-state index contributed by atoms with van der Waals surface area (Å²) in [6.45, 7) is 5.69. The molecule has 1 fully saturated rings. The molecule has 0 radical (unpaired) electrons. The Kier molecular flexibility index (Phi) is 4.20. The molecule has 0 unspecified atom stereocenters. The highest BCUT2D eigenvalue weighted by atomic mass is 16.5. The molecule has 0 spiro atoms. The monoisotopic (exact) mass is 238 g/mol. The first kappa shape index (κ1) is 12.6. The van der Waals surface area contributed by atoms with Gasteiger partial charge in [0.2, 0.25) is 0 Å². The Morgan fingerprint density at radius 2 is 2.18 bits per heavy atom. The van der Waals surface area contributed by atoms with Crippen LogP contribution in [0.1, 0.15) is 24.4 Å². The predicted molar refractivity (Wildman–Crippen MR) is 67.0 cm³/mol. The molecule has 1 aromatic heterocycles. The van der Waals surface area contributed by atoms with Crippen molar-refractivity contribution < 1.29 is 9.15 Å². The second kappa shape index (κ2) is 5.67. The van der Waals surface area contributed by atoms with Crippen LogP contribution in [0.25, 0.3) is 0 Å². The van der Waals surface area contributed by atoms with E-state index in [1.54, 1.807) is 0 Å². The highest BCUT2D eigenvalue weighted by Gasteiger charge is 2.31. The molecule has 1 aliphatic rings. The van der Waals surface area contributed by atoms with E-state index < -0.39 is 0 Å². The van der Waals surface area contributed by atoms with Crippen LogP contribution in [-0.2, 0) is 11.3 Å². The van der Waals surface area contributed by atoms with Gasteiger partial charge in [-0.1, -0.05) is 0 Å². The number of ether oxygens (including phenoxy) is 1. The zero-order valence-electron chi connectivity index (χ0n) is 10.7. The lowest BCUT2D eigenvalue weighted by atomic mass is 9.92. The summed E-state index contributed by atoms with van der Waals surface area (Å²) in [6, 6.07) is 4.01. The Hall–Kier alpha value is -0.840. The van der Waals surface area contributed by atoms with Crippen LogP contribution >= 0.6 is 0 Å². The quantitative estimate of drug-likeness (QED) is 0.815. The van der Waals surface area contributed by atoms with E-state index in [9.17, 15) is 0 Å². The lowest BCUT2D eigenvalue weighted by molar-refractivity contribution is -0.0328. The van der Waals surface area contributed by atoms with Gasteiger partial charge in [0.1, 0.15) is 11.5 Å². The first-order chi connectivity index (χ1) is 8.24. The second-order valence-electron chi connectivity index (χ2n) is 4.75. The van der Waals surface area contributed by atoms with Crippen molar-refractivity contribution in [1.29, 1.82) is 0 Å². The smallest absolute Gasteiger partial charge is 0.117 e. The van der Waals surface area contributed by atoms with Crippen molar-refractivity contribution in [2.45, 2.75) is 31.9 Å². The molecule has 1 aliphatic heterocycles. The Balaban J connectivity index is 1.79. The van der Waals surface area contributed by atoms with Gasteiger partial charge < -0.3 is 19.8 Å². The summed E-state index contributed by atoms with van der Waals surface area (Å²) >= 11 is 0. The molecule has 0 aliphatic carbocycles. The third kappa shape index (κ3) is 3.31. The predicted octanol–water partition coefficient (Wildman–Crippen LogP) is 1.45. The van der Waals surface area contributed by atoms with Crippen LogP contribution in [0.5, 0.6) is 0 Å². The molecule has 1 aromatic rings. The summed E-state index contributed by atoms with van der Waals surface area (Å²) in [5.74, 6) is 1.95. The molecule has 2 rings (SSSR count). The van der Waals surface area contributed by atoms with Gasteiger partial charge >= 0.3 is 0 Å². The maximum Gasteiger partial charge on any atom is 0.117 e. The summed E-state index contributed by atoms with van der Waals surface area (Å²) in [4.78, 5) is 0. The molecule has 2 N–H and O–H groups in total. The maximum absolute atomic E-state index is 5.69. The van der Waals surface area contributed by atoms with Crippen LogP contribution in [0, 0.1) is 6.92 Å². The van der Waals surface area contributed by atoms with Crippen molar-refractivity contribution in [1.82, 2.24) is 10.6 Å². The zero-order chi connectivity index (χ0) is 12.1. The van der Waals surface area contributed by atoms with Crippen LogP contribution in [-0.4, -0.2) is 32.3 Å². The molecular formula is C13H22N2O2. The number of hydrogen-bond donors (Lipinski definition) is 2. The zero-order valence-corrected chi connectivity index (χ0v) is 10.7. The summed E-state index contributed by atoms with van der Waals surface area (Å²) in [6.07, 6.45) is 2.13. The van der Waals surface area contributed by atoms with Gasteiger partial charge in [0.25, 0.3) is 0 Å². The standard InChI is InChI=1S/C13H22N2O2/c1-11-3-4-12(17-11)9-15-10-13(16-2)5-7-14-8-6-13/h3-4,14-15H,5-10H2,1-2H3. The third-order valence-corrected chi connectivity index (χ3v) is 3.49. The fraction of sp³-hybridized carbons (Fsp3) is 0.692. The van der Waals surface area contributed by atoms with Gasteiger partial charge in [-0.3, -0.25) is 0 Å². The van der Waals surface area contributed by atoms with Crippen molar-refractivity contribution >= 4 is 0 Å². The van der Waals surface area contributed by atoms with E-state index in [0.29, 0.717) is 0 Å². The number of furan rings is 1. The van der Waals surface area contributed by atoms with Crippen molar-refractivity contribution in [2.75, 3.05) is 26.7 Å². The summed E-state index contributed by atoms with van der Waals surface area (Å²) < 4.78 is 11.2. The highest BCUT2D eigenvalue weighted by Crippen LogP contribution is 2.21. The van der Waals surface area contributed by atoms with Crippen LogP contribution < -0.4 is 10.6 Å². The van der Waals surface area contributed by atoms with Gasteiger partial charge in [0.15, 0.2) is 0 Å². The van der Waals surface area contributed by atoms with Crippen LogP contribution in [0.3, 0.4) is 0 Å². The minimum atomic E-state index is -0.00706. The van der Waals surface area contributed by atoms with Crippen LogP contribution in [0.4, 0.5) is 0 Å². The topological polar surface area (TPSA) is 46.4 Å². The van der Waals surface area contributed by atoms with Crippen molar-refractivity contribution in [3.63, 3.8) is 0 Å². The first-order valence-electron chi connectivity index (χ1n) is 6.26. The molecule has 96 valence electrons. The molecule has 0 atom stereocenters. The average Bonchev–Trinajstić information content (AvgIpc) is 2.76. The van der Waals surface area contributed by atoms with E-state index in [4.69, 9.17) is 9.15 Å². The van der Waals surface area contributed by atoms with Gasteiger partial charge in [0.05, 0.1) is 12.1 Å². The number of methoxy groups -OCH3 is 1. The van der Waals surface area contributed by atoms with Gasteiger partial charge in [-0.25, -0.2) is 0 Å². The van der Waals surface area contributed by atoms with Crippen molar-refractivity contribution in [3.8, 4) is 0 Å². The largest absolute Gasteiger partial charge is 0.465 e. The van der Waals surface area contributed by atoms with Crippen LogP contribution in [0.2, 0.25) is 0 Å². The number of nitrogens with one attached hydrogen (secondary N) is 2. The van der Waals surface area contributed by atoms with Gasteiger partial charge in [0, 0.05) is 13.7 Å². The minimum Gasteiger partial charge on any atom is -0.465 e. The number of rotatable bonds is 5. The average molecular weight is 238 g/mol. The van der Waals surface area contributed by atoms with E-state index in [2.05, 4.69) is 10.6 Å². The van der Waals surface area contributed by atoms with Gasteiger partial charge in [-0.15, -0.1) is 0 Å². The SMILES string of the molecule is COC1(CNCc2ccc(C)o2)CCNCC1. The first-order valence-corrected chi connectivity index (χ1v) is 6.26. The second-order valence-corrected chi connectivity index (χ2v) is 4.75. The van der Waals surface area contributed by atoms with Crippen molar-refractivity contribution in [3.05, 3.63) is 23.7 Å². The van der Waals surface area contributed by atoms with E-state index in [1.807, 2.05) is 26.2 Å². The fourth-order valence-corrected chi connectivity index (χ4v) is 2.33. The lowest BCUT2D eigenvalue weighted by Gasteiger charge is -2.36. The van der Waals surface area contributed by atoms with Gasteiger partial charge in [-0.05, 0) is 45.0 Å². The number of hydrogen-bond acceptors (Lipinski definition) is 4. The fourth-order valence-electron chi connectivity index (χ4n) is 2.33. The van der Waals surface area contributed by atoms with Gasteiger partial charge in [-0.2, -0.15) is 0 Å². The molecular weight excluding hydrogens is 216 g/mol. The lowest BCUT2D eigenvalue weighted by Crippen LogP contribution is -2.49. The van der Waals surface area contributed by atoms with Crippen LogP contribution in [0.15, 0.2) is 16.5 Å². The molecule has 4 heteroatoms. The normalized spacial score (nSPS) is 19.4. The Morgan fingerprint density at radius 3 is 2.76 bits per heavy atom. The summed E-state index contributed by atoms with van der Waals surface area (Å²) in [7, 11) is 1.81. The summed E-state index contributed by atoms with van der Waals surface area (Å²) in [5, 5.41) is 6.79. The molecule has 0 bridgehead atoms. The maximum atomic E-state index is 5.69. The Bertz CT molecular complexity index is 343. The van der Waals surface area contributed by atoms with E-state index in [0.717, 1.165) is 50.5 Å². The summed E-state index contributed by atoms with van der Waals surface area (Å²) in [5.41, 5.74) is -0.00706. The highest BCUT2D eigenvalue weighted by molar-refractivity contribution is 5.05. The van der Waals surface area contributed by atoms with E-state index in [-0.39, 0.29) is 5.60 Å².